The van der Waals surface area contributed by atoms with E-state index >= 15 is 0 Å². The van der Waals surface area contributed by atoms with Crippen LogP contribution in [0.2, 0.25) is 0 Å². The standard InChI is InChI=1S/C17H14N4O4S/c1-11-18-17(20-25-11)12-5-4-6-13(9-12)26(23,24)21-10-16(22)19-14-7-2-3-8-15(14)21/h2-9H,10H2,1H3,(H,19,22). The summed E-state index contributed by atoms with van der Waals surface area (Å²) in [5.74, 6) is 0.295. The molecule has 3 aromatic rings. The summed E-state index contributed by atoms with van der Waals surface area (Å²) in [5, 5.41) is 6.49. The molecule has 0 atom stereocenters. The maximum atomic E-state index is 13.2. The number of hydrogen-bond acceptors (Lipinski definition) is 6. The van der Waals surface area contributed by atoms with Gasteiger partial charge >= 0.3 is 0 Å². The van der Waals surface area contributed by atoms with Crippen LogP contribution in [0.4, 0.5) is 11.4 Å². The highest BCUT2D eigenvalue weighted by atomic mass is 32.2. The molecule has 2 heterocycles. The normalized spacial score (nSPS) is 14.0. The predicted molar refractivity (Wildman–Crippen MR) is 94.1 cm³/mol. The average Bonchev–Trinajstić information content (AvgIpc) is 3.07. The average molecular weight is 370 g/mol. The smallest absolute Gasteiger partial charge is 0.264 e. The number of nitrogens with one attached hydrogen (secondary N) is 1. The Morgan fingerprint density at radius 1 is 1.15 bits per heavy atom. The molecule has 1 aliphatic rings. The molecule has 0 saturated heterocycles. The van der Waals surface area contributed by atoms with E-state index in [0.717, 1.165) is 4.31 Å². The van der Waals surface area contributed by atoms with E-state index in [1.165, 1.54) is 12.1 Å². The van der Waals surface area contributed by atoms with Gasteiger partial charge in [0.2, 0.25) is 17.6 Å². The van der Waals surface area contributed by atoms with Crippen LogP contribution in [0.15, 0.2) is 57.9 Å². The van der Waals surface area contributed by atoms with E-state index in [2.05, 4.69) is 15.5 Å². The second kappa shape index (κ2) is 5.95. The van der Waals surface area contributed by atoms with Gasteiger partial charge in [-0.05, 0) is 24.3 Å². The van der Waals surface area contributed by atoms with Crippen molar-refractivity contribution in [2.45, 2.75) is 11.8 Å². The summed E-state index contributed by atoms with van der Waals surface area (Å²) >= 11 is 0. The van der Waals surface area contributed by atoms with Gasteiger partial charge in [0.1, 0.15) is 6.54 Å². The monoisotopic (exact) mass is 370 g/mol. The van der Waals surface area contributed by atoms with Crippen LogP contribution in [0, 0.1) is 6.92 Å². The molecule has 0 radical (unpaired) electrons. The number of aryl methyl sites for hydroxylation is 1. The number of aromatic nitrogens is 2. The minimum atomic E-state index is -3.95. The number of nitrogens with zero attached hydrogens (tertiary/aromatic N) is 3. The van der Waals surface area contributed by atoms with Crippen LogP contribution in [0.25, 0.3) is 11.4 Å². The lowest BCUT2D eigenvalue weighted by Crippen LogP contribution is -2.42. The van der Waals surface area contributed by atoms with Crippen molar-refractivity contribution in [1.29, 1.82) is 0 Å². The van der Waals surface area contributed by atoms with Crippen LogP contribution in [-0.4, -0.2) is 31.0 Å². The van der Waals surface area contributed by atoms with Crippen LogP contribution in [0.3, 0.4) is 0 Å². The van der Waals surface area contributed by atoms with Gasteiger partial charge in [0.05, 0.1) is 16.3 Å². The molecule has 132 valence electrons. The molecule has 4 rings (SSSR count). The summed E-state index contributed by atoms with van der Waals surface area (Å²) in [4.78, 5) is 16.1. The molecule has 1 N–H and O–H groups in total. The predicted octanol–water partition coefficient (Wildman–Crippen LogP) is 2.19. The molecule has 1 amide bonds. The van der Waals surface area contributed by atoms with Crippen molar-refractivity contribution < 1.29 is 17.7 Å². The highest BCUT2D eigenvalue weighted by Crippen LogP contribution is 2.34. The maximum absolute atomic E-state index is 13.2. The van der Waals surface area contributed by atoms with Crippen LogP contribution < -0.4 is 9.62 Å². The lowest BCUT2D eigenvalue weighted by Gasteiger charge is -2.30. The number of rotatable bonds is 3. The molecule has 0 aliphatic carbocycles. The van der Waals surface area contributed by atoms with Gasteiger partial charge in [-0.15, -0.1) is 0 Å². The quantitative estimate of drug-likeness (QED) is 0.758. The number of para-hydroxylation sites is 2. The van der Waals surface area contributed by atoms with Crippen molar-refractivity contribution in [3.8, 4) is 11.4 Å². The lowest BCUT2D eigenvalue weighted by atomic mass is 10.2. The largest absolute Gasteiger partial charge is 0.339 e. The zero-order valence-corrected chi connectivity index (χ0v) is 14.5. The molecule has 2 aromatic carbocycles. The third-order valence-corrected chi connectivity index (χ3v) is 5.70. The molecular formula is C17H14N4O4S. The van der Waals surface area contributed by atoms with Crippen LogP contribution >= 0.6 is 0 Å². The van der Waals surface area contributed by atoms with Crippen molar-refractivity contribution in [3.05, 3.63) is 54.4 Å². The van der Waals surface area contributed by atoms with Gasteiger partial charge in [-0.3, -0.25) is 9.10 Å². The van der Waals surface area contributed by atoms with Crippen molar-refractivity contribution in [2.75, 3.05) is 16.2 Å². The second-order valence-corrected chi connectivity index (χ2v) is 7.60. The van der Waals surface area contributed by atoms with Crippen LogP contribution in [-0.2, 0) is 14.8 Å². The third-order valence-electron chi connectivity index (χ3n) is 3.94. The molecule has 1 aromatic heterocycles. The van der Waals surface area contributed by atoms with Gasteiger partial charge in [-0.2, -0.15) is 4.98 Å². The first-order valence-electron chi connectivity index (χ1n) is 7.77. The number of anilines is 2. The first-order valence-corrected chi connectivity index (χ1v) is 9.21. The molecule has 9 heteroatoms. The fourth-order valence-electron chi connectivity index (χ4n) is 2.76. The highest BCUT2D eigenvalue weighted by molar-refractivity contribution is 7.92. The molecule has 1 aliphatic heterocycles. The van der Waals surface area contributed by atoms with E-state index < -0.39 is 15.9 Å². The first kappa shape index (κ1) is 16.3. The van der Waals surface area contributed by atoms with Gasteiger partial charge in [0.15, 0.2) is 0 Å². The molecule has 0 unspecified atom stereocenters. The maximum Gasteiger partial charge on any atom is 0.264 e. The van der Waals surface area contributed by atoms with E-state index in [1.54, 1.807) is 43.3 Å². The Bertz CT molecular complexity index is 1110. The van der Waals surface area contributed by atoms with Gasteiger partial charge in [-0.25, -0.2) is 8.42 Å². The Kier molecular flexibility index (Phi) is 3.73. The third kappa shape index (κ3) is 2.72. The Hall–Kier alpha value is -3.20. The van der Waals surface area contributed by atoms with Crippen molar-refractivity contribution in [1.82, 2.24) is 10.1 Å². The minimum absolute atomic E-state index is 0.0435. The van der Waals surface area contributed by atoms with Gasteiger partial charge in [0.25, 0.3) is 10.0 Å². The lowest BCUT2D eigenvalue weighted by molar-refractivity contribution is -0.115. The first-order chi connectivity index (χ1) is 12.4. The summed E-state index contributed by atoms with van der Waals surface area (Å²) in [5.41, 5.74) is 1.39. The Labute approximate surface area is 149 Å². The van der Waals surface area contributed by atoms with Gasteiger partial charge in [0, 0.05) is 12.5 Å². The van der Waals surface area contributed by atoms with Gasteiger partial charge in [-0.1, -0.05) is 29.4 Å². The van der Waals surface area contributed by atoms with Crippen molar-refractivity contribution in [2.24, 2.45) is 0 Å². The highest BCUT2D eigenvalue weighted by Gasteiger charge is 2.32. The zero-order valence-electron chi connectivity index (χ0n) is 13.7. The molecule has 26 heavy (non-hydrogen) atoms. The number of amides is 1. The van der Waals surface area contributed by atoms with Crippen LogP contribution in [0.5, 0.6) is 0 Å². The van der Waals surface area contributed by atoms with E-state index in [-0.39, 0.29) is 11.4 Å². The number of benzene rings is 2. The van der Waals surface area contributed by atoms with Crippen LogP contribution in [0.1, 0.15) is 5.89 Å². The zero-order chi connectivity index (χ0) is 18.3. The van der Waals surface area contributed by atoms with Gasteiger partial charge < -0.3 is 9.84 Å². The molecule has 0 saturated carbocycles. The number of carbonyl (C=O) groups excluding carboxylic acids is 1. The number of sulfonamides is 1. The van der Waals surface area contributed by atoms with E-state index in [0.29, 0.717) is 28.7 Å². The topological polar surface area (TPSA) is 105 Å². The molecule has 8 nitrogen and oxygen atoms in total. The van der Waals surface area contributed by atoms with E-state index in [9.17, 15) is 13.2 Å². The molecule has 0 fully saturated rings. The Balaban J connectivity index is 1.79. The summed E-state index contributed by atoms with van der Waals surface area (Å²) in [6, 6.07) is 13.0. The SMILES string of the molecule is Cc1nc(-c2cccc(S(=O)(=O)N3CC(=O)Nc4ccccc43)c2)no1. The molecular weight excluding hydrogens is 356 g/mol. The Morgan fingerprint density at radius 2 is 1.96 bits per heavy atom. The summed E-state index contributed by atoms with van der Waals surface area (Å²) in [6.45, 7) is 1.37. The summed E-state index contributed by atoms with van der Waals surface area (Å²) < 4.78 is 32.4. The van der Waals surface area contributed by atoms with E-state index in [4.69, 9.17) is 4.52 Å². The van der Waals surface area contributed by atoms with Crippen molar-refractivity contribution in [3.63, 3.8) is 0 Å². The fourth-order valence-corrected chi connectivity index (χ4v) is 4.24. The molecule has 0 bridgehead atoms. The number of hydrogen-bond donors (Lipinski definition) is 1. The van der Waals surface area contributed by atoms with E-state index in [1.807, 2.05) is 0 Å². The molecule has 0 spiro atoms. The fraction of sp³-hybridized carbons (Fsp3) is 0.118. The second-order valence-electron chi connectivity index (χ2n) is 5.74. The summed E-state index contributed by atoms with van der Waals surface area (Å²) in [6.07, 6.45) is 0. The number of carbonyl (C=O) groups is 1. The van der Waals surface area contributed by atoms with Crippen molar-refractivity contribution >= 4 is 27.3 Å². The minimum Gasteiger partial charge on any atom is -0.339 e. The number of fused-ring (bicyclic) bond motifs is 1. The Morgan fingerprint density at radius 3 is 2.73 bits per heavy atom. The summed E-state index contributed by atoms with van der Waals surface area (Å²) in [7, 11) is -3.95.